The smallest absolute Gasteiger partial charge is 0.323 e. The Hall–Kier alpha value is -4.32. The number of imidazole rings is 1. The highest BCUT2D eigenvalue weighted by atomic mass is 16.3. The molecule has 2 aromatic carbocycles. The van der Waals surface area contributed by atoms with E-state index >= 15 is 0 Å². The van der Waals surface area contributed by atoms with Gasteiger partial charge in [0.15, 0.2) is 0 Å². The number of aromatic hydroxyl groups is 1. The maximum atomic E-state index is 11.5. The highest BCUT2D eigenvalue weighted by Crippen LogP contribution is 2.26. The van der Waals surface area contributed by atoms with Crippen molar-refractivity contribution in [3.8, 4) is 5.75 Å². The Morgan fingerprint density at radius 3 is 2.25 bits per heavy atom. The third kappa shape index (κ3) is 5.05. The predicted molar refractivity (Wildman–Crippen MR) is 125 cm³/mol. The van der Waals surface area contributed by atoms with Crippen LogP contribution in [0.4, 0.5) is 34.9 Å². The van der Waals surface area contributed by atoms with Gasteiger partial charge in [0.05, 0.1) is 16.7 Å². The first-order valence-corrected chi connectivity index (χ1v) is 9.85. The van der Waals surface area contributed by atoms with Gasteiger partial charge in [0, 0.05) is 24.5 Å². The van der Waals surface area contributed by atoms with Crippen LogP contribution >= 0.6 is 0 Å². The molecule has 2 aromatic heterocycles. The molecule has 0 radical (unpaired) electrons. The van der Waals surface area contributed by atoms with Gasteiger partial charge in [-0.05, 0) is 50.5 Å². The van der Waals surface area contributed by atoms with E-state index in [1.165, 1.54) is 6.07 Å². The molecular formula is C20H24N10O2. The van der Waals surface area contributed by atoms with E-state index in [9.17, 15) is 9.90 Å². The maximum Gasteiger partial charge on any atom is 0.323 e. The second-order valence-electron chi connectivity index (χ2n) is 7.40. The molecule has 2 heterocycles. The number of aromatic amines is 2. The van der Waals surface area contributed by atoms with Crippen LogP contribution in [0, 0.1) is 0 Å². The van der Waals surface area contributed by atoms with Crippen LogP contribution in [-0.4, -0.2) is 62.1 Å². The summed E-state index contributed by atoms with van der Waals surface area (Å²) in [6.45, 7) is 1.43. The number of fused-ring (bicyclic) bond motifs is 1. The minimum absolute atomic E-state index is 0.00205. The zero-order valence-corrected chi connectivity index (χ0v) is 17.6. The molecule has 12 nitrogen and oxygen atoms in total. The van der Waals surface area contributed by atoms with Crippen LogP contribution in [0.5, 0.6) is 5.75 Å². The van der Waals surface area contributed by atoms with Crippen molar-refractivity contribution in [3.05, 3.63) is 46.9 Å². The van der Waals surface area contributed by atoms with Crippen molar-refractivity contribution in [1.29, 1.82) is 0 Å². The van der Waals surface area contributed by atoms with Crippen molar-refractivity contribution in [3.63, 3.8) is 0 Å². The summed E-state index contributed by atoms with van der Waals surface area (Å²) in [5, 5.41) is 19.0. The second kappa shape index (κ2) is 8.81. The summed E-state index contributed by atoms with van der Waals surface area (Å²) < 4.78 is 0. The summed E-state index contributed by atoms with van der Waals surface area (Å²) in [4.78, 5) is 32.2. The number of phenols is 1. The molecule has 0 aliphatic carbocycles. The number of rotatable bonds is 8. The lowest BCUT2D eigenvalue weighted by atomic mass is 10.2. The molecule has 4 aromatic rings. The molecule has 0 spiro atoms. The van der Waals surface area contributed by atoms with Crippen molar-refractivity contribution in [2.24, 2.45) is 0 Å². The number of likely N-dealkylation sites (N-methyl/N-ethyl adjacent to an activating group) is 1. The van der Waals surface area contributed by atoms with E-state index in [2.05, 4.69) is 40.9 Å². The number of anilines is 6. The fourth-order valence-electron chi connectivity index (χ4n) is 2.96. The Balaban J connectivity index is 1.61. The molecule has 4 rings (SSSR count). The van der Waals surface area contributed by atoms with E-state index in [0.29, 0.717) is 40.8 Å². The largest absolute Gasteiger partial charge is 0.506 e. The van der Waals surface area contributed by atoms with E-state index in [-0.39, 0.29) is 23.1 Å². The molecule has 166 valence electrons. The number of hydrogen-bond donors (Lipinski definition) is 7. The van der Waals surface area contributed by atoms with Crippen molar-refractivity contribution in [2.75, 3.05) is 48.9 Å². The molecule has 32 heavy (non-hydrogen) atoms. The van der Waals surface area contributed by atoms with Gasteiger partial charge < -0.3 is 41.7 Å². The number of nitrogens with two attached hydrogens (primary N) is 1. The molecule has 8 N–H and O–H groups in total. The quantitative estimate of drug-likeness (QED) is 0.123. The Kier molecular flexibility index (Phi) is 5.77. The number of nitrogens with zero attached hydrogens (tertiary/aromatic N) is 4. The van der Waals surface area contributed by atoms with Crippen LogP contribution in [0.2, 0.25) is 0 Å². The lowest BCUT2D eigenvalue weighted by Gasteiger charge is -2.13. The normalized spacial score (nSPS) is 11.1. The molecule has 0 atom stereocenters. The number of H-pyrrole nitrogens is 2. The Bertz CT molecular complexity index is 1300. The fourth-order valence-corrected chi connectivity index (χ4v) is 2.96. The molecule has 0 saturated heterocycles. The summed E-state index contributed by atoms with van der Waals surface area (Å²) in [6.07, 6.45) is 0. The lowest BCUT2D eigenvalue weighted by Crippen LogP contribution is -2.22. The van der Waals surface area contributed by atoms with Gasteiger partial charge in [-0.3, -0.25) is 0 Å². The summed E-state index contributed by atoms with van der Waals surface area (Å²) in [5.74, 6) is 0.974. The molecule has 0 saturated carbocycles. The zero-order valence-electron chi connectivity index (χ0n) is 17.6. The minimum atomic E-state index is -0.274. The summed E-state index contributed by atoms with van der Waals surface area (Å²) >= 11 is 0. The van der Waals surface area contributed by atoms with Gasteiger partial charge in [-0.25, -0.2) is 4.79 Å². The van der Waals surface area contributed by atoms with E-state index in [0.717, 1.165) is 6.54 Å². The van der Waals surface area contributed by atoms with Crippen LogP contribution < -0.4 is 27.4 Å². The van der Waals surface area contributed by atoms with Crippen LogP contribution in [-0.2, 0) is 0 Å². The molecule has 0 aliphatic rings. The first-order valence-electron chi connectivity index (χ1n) is 9.85. The van der Waals surface area contributed by atoms with E-state index < -0.39 is 0 Å². The average molecular weight is 436 g/mol. The molecule has 12 heteroatoms. The highest BCUT2D eigenvalue weighted by molar-refractivity contribution is 5.79. The second-order valence-corrected chi connectivity index (χ2v) is 7.40. The van der Waals surface area contributed by atoms with Gasteiger partial charge in [-0.1, -0.05) is 0 Å². The van der Waals surface area contributed by atoms with Gasteiger partial charge in [0.2, 0.25) is 17.8 Å². The lowest BCUT2D eigenvalue weighted by molar-refractivity contribution is 0.425. The molecule has 0 bridgehead atoms. The number of aromatic nitrogens is 5. The molecule has 0 aliphatic heterocycles. The average Bonchev–Trinajstić information content (AvgIpc) is 3.10. The standard InChI is InChI=1S/C20H24N10O2/c1-30(2)8-7-22-17-27-18(23-11-4-6-16(31)13(21)9-11)29-19(28-17)24-12-3-5-14-15(10-12)26-20(32)25-14/h3-6,9-10,31H,7-8,21H2,1-2H3,(H2,25,26,32)(H3,22,23,24,27,28,29). The third-order valence-corrected chi connectivity index (χ3v) is 4.53. The Labute approximate surface area is 182 Å². The topological polar surface area (TPSA) is 173 Å². The van der Waals surface area contributed by atoms with Gasteiger partial charge in [-0.2, -0.15) is 15.0 Å². The summed E-state index contributed by atoms with van der Waals surface area (Å²) in [7, 11) is 3.96. The number of benzene rings is 2. The van der Waals surface area contributed by atoms with Crippen LogP contribution in [0.15, 0.2) is 41.2 Å². The molecule has 0 unspecified atom stereocenters. The zero-order chi connectivity index (χ0) is 22.7. The van der Waals surface area contributed by atoms with Gasteiger partial charge in [-0.15, -0.1) is 0 Å². The van der Waals surface area contributed by atoms with Gasteiger partial charge in [0.1, 0.15) is 5.75 Å². The van der Waals surface area contributed by atoms with Crippen LogP contribution in [0.1, 0.15) is 0 Å². The monoisotopic (exact) mass is 436 g/mol. The Morgan fingerprint density at radius 1 is 0.938 bits per heavy atom. The molecule has 0 fully saturated rings. The summed E-state index contributed by atoms with van der Waals surface area (Å²) in [5.41, 5.74) is 8.41. The fraction of sp³-hybridized carbons (Fsp3) is 0.200. The van der Waals surface area contributed by atoms with Crippen LogP contribution in [0.25, 0.3) is 11.0 Å². The number of phenolic OH excluding ortho intramolecular Hbond substituents is 1. The maximum absolute atomic E-state index is 11.5. The van der Waals surface area contributed by atoms with Gasteiger partial charge >= 0.3 is 5.69 Å². The number of hydrogen-bond acceptors (Lipinski definition) is 10. The minimum Gasteiger partial charge on any atom is -0.506 e. The van der Waals surface area contributed by atoms with Crippen molar-refractivity contribution in [1.82, 2.24) is 29.8 Å². The van der Waals surface area contributed by atoms with Crippen molar-refractivity contribution < 1.29 is 5.11 Å². The molecular weight excluding hydrogens is 412 g/mol. The highest BCUT2D eigenvalue weighted by Gasteiger charge is 2.10. The van der Waals surface area contributed by atoms with Crippen molar-refractivity contribution in [2.45, 2.75) is 0 Å². The van der Waals surface area contributed by atoms with Gasteiger partial charge in [0.25, 0.3) is 0 Å². The third-order valence-electron chi connectivity index (χ3n) is 4.53. The van der Waals surface area contributed by atoms with Crippen molar-refractivity contribution >= 4 is 45.9 Å². The Morgan fingerprint density at radius 2 is 1.56 bits per heavy atom. The van der Waals surface area contributed by atoms with E-state index in [1.54, 1.807) is 24.3 Å². The van der Waals surface area contributed by atoms with E-state index in [4.69, 9.17) is 5.73 Å². The van der Waals surface area contributed by atoms with E-state index in [1.807, 2.05) is 25.1 Å². The predicted octanol–water partition coefficient (Wildman–Crippen LogP) is 1.79. The van der Waals surface area contributed by atoms with Crippen LogP contribution in [0.3, 0.4) is 0 Å². The first-order chi connectivity index (χ1) is 15.4. The summed E-state index contributed by atoms with van der Waals surface area (Å²) in [6, 6.07) is 10.1. The number of nitrogens with one attached hydrogen (secondary N) is 5. The SMILES string of the molecule is CN(C)CCNc1nc(Nc2ccc(O)c(N)c2)nc(Nc2ccc3[nH]c(=O)[nH]c3c2)n1. The number of nitrogen functional groups attached to an aromatic ring is 1. The first kappa shape index (κ1) is 20.9. The molecule has 0 amide bonds.